The minimum atomic E-state index is -0.847. The Bertz CT molecular complexity index is 793. The minimum absolute atomic E-state index is 0.00361. The highest BCUT2D eigenvalue weighted by Gasteiger charge is 2.13. The molecular formula is C14H14N4O2S. The van der Waals surface area contributed by atoms with Crippen LogP contribution in [0.2, 0.25) is 0 Å². The first kappa shape index (κ1) is 13.7. The van der Waals surface area contributed by atoms with Crippen molar-refractivity contribution in [3.8, 4) is 0 Å². The summed E-state index contributed by atoms with van der Waals surface area (Å²) in [6, 6.07) is 7.80. The van der Waals surface area contributed by atoms with Gasteiger partial charge in [0.05, 0.1) is 29.5 Å². The number of para-hydroxylation sites is 2. The van der Waals surface area contributed by atoms with Crippen LogP contribution in [0.3, 0.4) is 0 Å². The van der Waals surface area contributed by atoms with Gasteiger partial charge in [0.2, 0.25) is 0 Å². The smallest absolute Gasteiger partial charge is 0.313 e. The fourth-order valence-corrected chi connectivity index (χ4v) is 2.91. The Kier molecular flexibility index (Phi) is 3.66. The first-order chi connectivity index (χ1) is 10.1. The van der Waals surface area contributed by atoms with Gasteiger partial charge in [-0.3, -0.25) is 9.48 Å². The number of carboxylic acid groups (broad SMARTS) is 1. The average Bonchev–Trinajstić information content (AvgIpc) is 3.01. The molecule has 0 bridgehead atoms. The molecule has 2 heterocycles. The number of carbonyl (C=O) groups is 1. The van der Waals surface area contributed by atoms with Crippen molar-refractivity contribution in [2.75, 3.05) is 5.75 Å². The summed E-state index contributed by atoms with van der Waals surface area (Å²) in [6.45, 7) is 0.621. The lowest BCUT2D eigenvalue weighted by Gasteiger charge is -2.06. The molecule has 0 radical (unpaired) electrons. The van der Waals surface area contributed by atoms with Crippen molar-refractivity contribution >= 4 is 28.8 Å². The molecule has 0 saturated carbocycles. The monoisotopic (exact) mass is 302 g/mol. The molecule has 0 unspecified atom stereocenters. The molecule has 7 heteroatoms. The number of nitrogens with zero attached hydrogens (tertiary/aromatic N) is 4. The maximum Gasteiger partial charge on any atom is 0.313 e. The van der Waals surface area contributed by atoms with Gasteiger partial charge in [-0.15, -0.1) is 0 Å². The largest absolute Gasteiger partial charge is 0.481 e. The number of aryl methyl sites for hydroxylation is 1. The summed E-state index contributed by atoms with van der Waals surface area (Å²) in [5.41, 5.74) is 2.92. The van der Waals surface area contributed by atoms with Crippen LogP contribution in [0, 0.1) is 0 Å². The Morgan fingerprint density at radius 2 is 2.19 bits per heavy atom. The summed E-state index contributed by atoms with van der Waals surface area (Å²) >= 11 is 1.23. The highest BCUT2D eigenvalue weighted by atomic mass is 32.2. The minimum Gasteiger partial charge on any atom is -0.481 e. The quantitative estimate of drug-likeness (QED) is 0.730. The van der Waals surface area contributed by atoms with Gasteiger partial charge in [-0.25, -0.2) is 4.98 Å². The molecule has 21 heavy (non-hydrogen) atoms. The zero-order chi connectivity index (χ0) is 14.8. The predicted octanol–water partition coefficient (Wildman–Crippen LogP) is 1.99. The topological polar surface area (TPSA) is 72.9 Å². The molecule has 0 fully saturated rings. The van der Waals surface area contributed by atoms with Crippen molar-refractivity contribution in [1.29, 1.82) is 0 Å². The number of hydrogen-bond acceptors (Lipinski definition) is 4. The van der Waals surface area contributed by atoms with Crippen LogP contribution in [-0.2, 0) is 18.4 Å². The molecule has 6 nitrogen and oxygen atoms in total. The van der Waals surface area contributed by atoms with E-state index in [1.54, 1.807) is 10.9 Å². The van der Waals surface area contributed by atoms with E-state index in [0.29, 0.717) is 11.7 Å². The second-order valence-electron chi connectivity index (χ2n) is 4.67. The lowest BCUT2D eigenvalue weighted by atomic mass is 10.3. The van der Waals surface area contributed by atoms with Gasteiger partial charge in [0.25, 0.3) is 0 Å². The third-order valence-corrected chi connectivity index (χ3v) is 4.00. The molecule has 0 aliphatic rings. The summed E-state index contributed by atoms with van der Waals surface area (Å²) in [6.07, 6.45) is 3.75. The van der Waals surface area contributed by atoms with Gasteiger partial charge in [0, 0.05) is 18.8 Å². The molecule has 1 aromatic carbocycles. The van der Waals surface area contributed by atoms with Crippen LogP contribution in [-0.4, -0.2) is 36.2 Å². The molecule has 3 aromatic rings. The van der Waals surface area contributed by atoms with E-state index in [-0.39, 0.29) is 5.75 Å². The van der Waals surface area contributed by atoms with Crippen molar-refractivity contribution in [3.63, 3.8) is 0 Å². The SMILES string of the molecule is Cn1cc(Cn2c(SCC(=O)O)nc3ccccc32)cn1. The number of hydrogen-bond donors (Lipinski definition) is 1. The maximum absolute atomic E-state index is 10.8. The summed E-state index contributed by atoms with van der Waals surface area (Å²) in [5, 5.41) is 13.7. The van der Waals surface area contributed by atoms with Crippen molar-refractivity contribution in [2.45, 2.75) is 11.7 Å². The standard InChI is InChI=1S/C14H14N4O2S/c1-17-7-10(6-15-17)8-18-12-5-3-2-4-11(12)16-14(18)21-9-13(19)20/h2-7H,8-9H2,1H3,(H,19,20). The molecule has 0 aliphatic carbocycles. The van der Waals surface area contributed by atoms with Gasteiger partial charge in [-0.2, -0.15) is 5.10 Å². The normalized spacial score (nSPS) is 11.1. The Hall–Kier alpha value is -2.28. The molecule has 0 spiro atoms. The first-order valence-corrected chi connectivity index (χ1v) is 7.39. The number of aliphatic carboxylic acids is 1. The average molecular weight is 302 g/mol. The number of fused-ring (bicyclic) bond motifs is 1. The molecule has 1 N–H and O–H groups in total. The lowest BCUT2D eigenvalue weighted by Crippen LogP contribution is -2.04. The van der Waals surface area contributed by atoms with Crippen LogP contribution < -0.4 is 0 Å². The Morgan fingerprint density at radius 1 is 1.38 bits per heavy atom. The van der Waals surface area contributed by atoms with Gasteiger partial charge in [0.15, 0.2) is 5.16 Å². The van der Waals surface area contributed by atoms with Crippen molar-refractivity contribution in [1.82, 2.24) is 19.3 Å². The summed E-state index contributed by atoms with van der Waals surface area (Å²) in [7, 11) is 1.87. The number of carboxylic acids is 1. The van der Waals surface area contributed by atoms with Gasteiger partial charge >= 0.3 is 5.97 Å². The molecule has 2 aromatic heterocycles. The molecule has 0 atom stereocenters. The highest BCUT2D eigenvalue weighted by molar-refractivity contribution is 7.99. The van der Waals surface area contributed by atoms with Crippen LogP contribution in [0.5, 0.6) is 0 Å². The highest BCUT2D eigenvalue weighted by Crippen LogP contribution is 2.25. The molecule has 0 amide bonds. The van der Waals surface area contributed by atoms with E-state index >= 15 is 0 Å². The number of aromatic nitrogens is 4. The fourth-order valence-electron chi connectivity index (χ4n) is 2.18. The fraction of sp³-hybridized carbons (Fsp3) is 0.214. The number of benzene rings is 1. The number of thioether (sulfide) groups is 1. The van der Waals surface area contributed by atoms with E-state index in [0.717, 1.165) is 16.6 Å². The summed E-state index contributed by atoms with van der Waals surface area (Å²) in [5.74, 6) is -0.851. The third-order valence-electron chi connectivity index (χ3n) is 3.04. The van der Waals surface area contributed by atoms with E-state index in [4.69, 9.17) is 5.11 Å². The second-order valence-corrected chi connectivity index (χ2v) is 5.62. The van der Waals surface area contributed by atoms with Crippen LogP contribution in [0.1, 0.15) is 5.56 Å². The molecule has 0 saturated heterocycles. The number of rotatable bonds is 5. The van der Waals surface area contributed by atoms with Crippen LogP contribution >= 0.6 is 11.8 Å². The number of imidazole rings is 1. The zero-order valence-corrected chi connectivity index (χ0v) is 12.2. The van der Waals surface area contributed by atoms with E-state index in [9.17, 15) is 4.79 Å². The predicted molar refractivity (Wildman–Crippen MR) is 80.4 cm³/mol. The first-order valence-electron chi connectivity index (χ1n) is 6.41. The zero-order valence-electron chi connectivity index (χ0n) is 11.4. The molecule has 108 valence electrons. The Morgan fingerprint density at radius 3 is 2.90 bits per heavy atom. The van der Waals surface area contributed by atoms with E-state index in [1.165, 1.54) is 11.8 Å². The second kappa shape index (κ2) is 5.61. The van der Waals surface area contributed by atoms with E-state index < -0.39 is 5.97 Å². The van der Waals surface area contributed by atoms with Crippen LogP contribution in [0.4, 0.5) is 0 Å². The van der Waals surface area contributed by atoms with E-state index in [1.807, 2.05) is 42.1 Å². The van der Waals surface area contributed by atoms with Gasteiger partial charge in [-0.1, -0.05) is 23.9 Å². The lowest BCUT2D eigenvalue weighted by molar-refractivity contribution is -0.133. The van der Waals surface area contributed by atoms with E-state index in [2.05, 4.69) is 10.1 Å². The van der Waals surface area contributed by atoms with Gasteiger partial charge in [0.1, 0.15) is 0 Å². The molecular weight excluding hydrogens is 288 g/mol. The van der Waals surface area contributed by atoms with Crippen molar-refractivity contribution < 1.29 is 9.90 Å². The van der Waals surface area contributed by atoms with Gasteiger partial charge in [-0.05, 0) is 12.1 Å². The van der Waals surface area contributed by atoms with Crippen LogP contribution in [0.25, 0.3) is 11.0 Å². The summed E-state index contributed by atoms with van der Waals surface area (Å²) in [4.78, 5) is 15.3. The Labute approximate surface area is 125 Å². The van der Waals surface area contributed by atoms with Crippen LogP contribution in [0.15, 0.2) is 41.8 Å². The van der Waals surface area contributed by atoms with Crippen molar-refractivity contribution in [3.05, 3.63) is 42.2 Å². The molecule has 3 rings (SSSR count). The third kappa shape index (κ3) is 2.92. The maximum atomic E-state index is 10.8. The van der Waals surface area contributed by atoms with Crippen molar-refractivity contribution in [2.24, 2.45) is 7.05 Å². The van der Waals surface area contributed by atoms with Gasteiger partial charge < -0.3 is 9.67 Å². The molecule has 0 aliphatic heterocycles. The summed E-state index contributed by atoms with van der Waals surface area (Å²) < 4.78 is 3.78. The Balaban J connectivity index is 2.00.